The van der Waals surface area contributed by atoms with E-state index < -0.39 is 0 Å². The summed E-state index contributed by atoms with van der Waals surface area (Å²) < 4.78 is 7.22. The molecular weight excluding hydrogens is 841 g/mol. The molecule has 0 spiro atoms. The van der Waals surface area contributed by atoms with E-state index in [4.69, 9.17) is 15.0 Å². The number of hydrogen-bond donors (Lipinski definition) is 0. The van der Waals surface area contributed by atoms with Gasteiger partial charge in [0.05, 0.1) is 44.5 Å². The third-order valence-electron chi connectivity index (χ3n) is 13.7. The van der Waals surface area contributed by atoms with Crippen LogP contribution in [0.2, 0.25) is 0 Å². The molecule has 69 heavy (non-hydrogen) atoms. The largest absolute Gasteiger partial charge is 0.309 e. The van der Waals surface area contributed by atoms with Gasteiger partial charge in [0.1, 0.15) is 0 Å². The molecule has 0 aliphatic carbocycles. The molecule has 322 valence electrons. The lowest BCUT2D eigenvalue weighted by molar-refractivity contribution is 1.06. The van der Waals surface area contributed by atoms with Gasteiger partial charge in [0.15, 0.2) is 17.5 Å². The van der Waals surface area contributed by atoms with Crippen molar-refractivity contribution in [2.75, 3.05) is 0 Å². The van der Waals surface area contributed by atoms with E-state index in [1.807, 2.05) is 36.4 Å². The second-order valence-corrected chi connectivity index (χ2v) is 17.6. The highest BCUT2D eigenvalue weighted by atomic mass is 15.1. The summed E-state index contributed by atoms with van der Waals surface area (Å²) in [4.78, 5) is 15.4. The van der Waals surface area contributed by atoms with Crippen LogP contribution in [-0.4, -0.2) is 28.7 Å². The molecule has 0 bridgehead atoms. The lowest BCUT2D eigenvalue weighted by Gasteiger charge is -2.18. The Bertz CT molecular complexity index is 4190. The van der Waals surface area contributed by atoms with E-state index >= 15 is 0 Å². The van der Waals surface area contributed by atoms with Gasteiger partial charge in [-0.15, -0.1) is 0 Å². The van der Waals surface area contributed by atoms with Crippen LogP contribution >= 0.6 is 0 Å². The molecule has 0 saturated carbocycles. The van der Waals surface area contributed by atoms with Crippen molar-refractivity contribution in [1.29, 1.82) is 0 Å². The van der Waals surface area contributed by atoms with E-state index in [1.54, 1.807) is 0 Å². The summed E-state index contributed by atoms with van der Waals surface area (Å²) in [6.07, 6.45) is 0. The minimum Gasteiger partial charge on any atom is -0.309 e. The molecule has 4 aromatic heterocycles. The number of fused-ring (bicyclic) bond motifs is 9. The van der Waals surface area contributed by atoms with Gasteiger partial charge in [0.2, 0.25) is 0 Å². The van der Waals surface area contributed by atoms with E-state index in [0.717, 1.165) is 61.4 Å². The number of aromatic nitrogens is 6. The highest BCUT2D eigenvalue weighted by Crippen LogP contribution is 2.42. The van der Waals surface area contributed by atoms with Crippen LogP contribution in [-0.2, 0) is 0 Å². The normalized spacial score (nSPS) is 11.8. The summed E-state index contributed by atoms with van der Waals surface area (Å²) in [7, 11) is 0. The van der Waals surface area contributed by atoms with E-state index in [2.05, 4.69) is 220 Å². The first-order chi connectivity index (χ1) is 34.2. The molecule has 14 rings (SSSR count). The Kier molecular flexibility index (Phi) is 8.79. The van der Waals surface area contributed by atoms with Crippen LogP contribution in [0.25, 0.3) is 128 Å². The SMILES string of the molecule is c1ccc(-c2nc(-c3ccccc3)nc(-c3ccc(-n4c5ccccc5c5ccccc54)c(-n4c5ccccc5c5cc(-c6ccc7c(c6)c6ccccc6n7-c6ccccc6)ccc54)c3)n2)cc1. The minimum absolute atomic E-state index is 0.602. The van der Waals surface area contributed by atoms with E-state index in [0.29, 0.717) is 17.5 Å². The lowest BCUT2D eigenvalue weighted by Crippen LogP contribution is -2.05. The fourth-order valence-corrected chi connectivity index (χ4v) is 10.6. The molecule has 0 saturated heterocycles. The van der Waals surface area contributed by atoms with Gasteiger partial charge in [-0.25, -0.2) is 15.0 Å². The number of para-hydroxylation sites is 5. The van der Waals surface area contributed by atoms with Gasteiger partial charge in [-0.1, -0.05) is 164 Å². The predicted octanol–water partition coefficient (Wildman–Crippen LogP) is 15.8. The molecule has 0 aliphatic rings. The average Bonchev–Trinajstić information content (AvgIpc) is 4.06. The summed E-state index contributed by atoms with van der Waals surface area (Å²) >= 11 is 0. The zero-order valence-electron chi connectivity index (χ0n) is 37.3. The highest BCUT2D eigenvalue weighted by molar-refractivity contribution is 6.14. The standard InChI is InChI=1S/C63H40N6/c1-4-18-41(19-5-1)61-64-62(42-20-6-2-7-21-42)66-63(65-61)45-34-37-59(68-54-29-15-10-24-47(54)48-25-11-16-30-55(48)68)60(40-45)69-56-31-17-13-27-50(56)52-39-44(33-36-58(52)69)43-32-35-57-51(38-43)49-26-12-14-28-53(49)67(57)46-22-8-3-9-23-46/h1-40H. The Morgan fingerprint density at radius 1 is 0.217 bits per heavy atom. The molecule has 14 aromatic rings. The molecule has 0 aliphatic heterocycles. The molecule has 6 heteroatoms. The first kappa shape index (κ1) is 38.8. The summed E-state index contributed by atoms with van der Waals surface area (Å²) in [5.41, 5.74) is 15.1. The fourth-order valence-electron chi connectivity index (χ4n) is 10.6. The van der Waals surface area contributed by atoms with Crippen LogP contribution in [0.1, 0.15) is 0 Å². The van der Waals surface area contributed by atoms with Crippen molar-refractivity contribution in [3.8, 4) is 62.4 Å². The maximum Gasteiger partial charge on any atom is 0.164 e. The van der Waals surface area contributed by atoms with Gasteiger partial charge in [0, 0.05) is 54.7 Å². The summed E-state index contributed by atoms with van der Waals surface area (Å²) in [6, 6.07) is 86.5. The smallest absolute Gasteiger partial charge is 0.164 e. The maximum atomic E-state index is 5.20. The van der Waals surface area contributed by atoms with E-state index in [9.17, 15) is 0 Å². The van der Waals surface area contributed by atoms with Crippen molar-refractivity contribution in [2.24, 2.45) is 0 Å². The first-order valence-corrected chi connectivity index (χ1v) is 23.4. The van der Waals surface area contributed by atoms with Crippen molar-refractivity contribution in [1.82, 2.24) is 28.7 Å². The topological polar surface area (TPSA) is 53.5 Å². The Hall–Kier alpha value is -9.39. The Labute approximate surface area is 397 Å². The fraction of sp³-hybridized carbons (Fsp3) is 0. The molecule has 0 fully saturated rings. The number of rotatable bonds is 7. The molecule has 10 aromatic carbocycles. The van der Waals surface area contributed by atoms with Gasteiger partial charge >= 0.3 is 0 Å². The van der Waals surface area contributed by atoms with Gasteiger partial charge < -0.3 is 13.7 Å². The quantitative estimate of drug-likeness (QED) is 0.160. The molecule has 0 amide bonds. The summed E-state index contributed by atoms with van der Waals surface area (Å²) in [6.45, 7) is 0. The number of nitrogens with zero attached hydrogens (tertiary/aromatic N) is 6. The molecule has 4 heterocycles. The Balaban J connectivity index is 1.01. The van der Waals surface area contributed by atoms with Gasteiger partial charge in [-0.3, -0.25) is 0 Å². The van der Waals surface area contributed by atoms with Crippen LogP contribution in [0.3, 0.4) is 0 Å². The van der Waals surface area contributed by atoms with Crippen molar-refractivity contribution in [3.05, 3.63) is 243 Å². The predicted molar refractivity (Wildman–Crippen MR) is 285 cm³/mol. The van der Waals surface area contributed by atoms with Crippen LogP contribution < -0.4 is 0 Å². The monoisotopic (exact) mass is 880 g/mol. The lowest BCUT2D eigenvalue weighted by atomic mass is 10.0. The van der Waals surface area contributed by atoms with E-state index in [1.165, 1.54) is 48.9 Å². The van der Waals surface area contributed by atoms with Crippen molar-refractivity contribution >= 4 is 65.4 Å². The van der Waals surface area contributed by atoms with Crippen LogP contribution in [0, 0.1) is 0 Å². The van der Waals surface area contributed by atoms with Gasteiger partial charge in [0.25, 0.3) is 0 Å². The number of benzene rings is 10. The molecule has 0 unspecified atom stereocenters. The molecule has 0 N–H and O–H groups in total. The second-order valence-electron chi connectivity index (χ2n) is 17.6. The third-order valence-corrected chi connectivity index (χ3v) is 13.7. The molecule has 0 atom stereocenters. The van der Waals surface area contributed by atoms with E-state index in [-0.39, 0.29) is 0 Å². The minimum atomic E-state index is 0.602. The van der Waals surface area contributed by atoms with Gasteiger partial charge in [-0.2, -0.15) is 0 Å². The zero-order valence-corrected chi connectivity index (χ0v) is 37.3. The van der Waals surface area contributed by atoms with Crippen LogP contribution in [0.4, 0.5) is 0 Å². The summed E-state index contributed by atoms with van der Waals surface area (Å²) in [5.74, 6) is 1.85. The molecule has 0 radical (unpaired) electrons. The first-order valence-electron chi connectivity index (χ1n) is 23.4. The third kappa shape index (κ3) is 6.23. The van der Waals surface area contributed by atoms with Crippen LogP contribution in [0.5, 0.6) is 0 Å². The molecule has 6 nitrogen and oxygen atoms in total. The van der Waals surface area contributed by atoms with Crippen molar-refractivity contribution in [2.45, 2.75) is 0 Å². The van der Waals surface area contributed by atoms with Crippen molar-refractivity contribution in [3.63, 3.8) is 0 Å². The molecular formula is C63H40N6. The highest BCUT2D eigenvalue weighted by Gasteiger charge is 2.22. The zero-order chi connectivity index (χ0) is 45.4. The second kappa shape index (κ2) is 15.6. The maximum absolute atomic E-state index is 5.20. The summed E-state index contributed by atoms with van der Waals surface area (Å²) in [5, 5.41) is 7.22. The van der Waals surface area contributed by atoms with Crippen LogP contribution in [0.15, 0.2) is 243 Å². The number of hydrogen-bond acceptors (Lipinski definition) is 3. The Morgan fingerprint density at radius 3 is 1.06 bits per heavy atom. The van der Waals surface area contributed by atoms with Gasteiger partial charge in [-0.05, 0) is 90.0 Å². The van der Waals surface area contributed by atoms with Crippen molar-refractivity contribution < 1.29 is 0 Å². The average molecular weight is 881 g/mol. The Morgan fingerprint density at radius 2 is 0.565 bits per heavy atom.